The number of rotatable bonds is 4. The van der Waals surface area contributed by atoms with Gasteiger partial charge in [0.15, 0.2) is 6.61 Å². The summed E-state index contributed by atoms with van der Waals surface area (Å²) in [6.07, 6.45) is 4.66. The lowest BCUT2D eigenvalue weighted by Gasteiger charge is -2.20. The number of hydrogen-bond acceptors (Lipinski definition) is 5. The molecule has 0 aliphatic carbocycles. The first-order valence-corrected chi connectivity index (χ1v) is 6.69. The molecule has 0 saturated heterocycles. The van der Waals surface area contributed by atoms with Crippen LogP contribution in [0.4, 0.5) is 17.1 Å². The first kappa shape index (κ1) is 13.3. The summed E-state index contributed by atoms with van der Waals surface area (Å²) in [5.41, 5.74) is 9.16. The molecular formula is C14H17N5O2. The minimum Gasteiger partial charge on any atom is -0.482 e. The number of anilines is 3. The molecule has 2 heterocycles. The SMILES string of the molecule is Cn1cc(CCNc2cc3c(cc2N)OCC(=O)N3)cn1. The molecule has 2 aromatic rings. The average molecular weight is 287 g/mol. The number of aromatic nitrogens is 2. The van der Waals surface area contributed by atoms with Crippen molar-refractivity contribution in [3.63, 3.8) is 0 Å². The van der Waals surface area contributed by atoms with Crippen molar-refractivity contribution < 1.29 is 9.53 Å². The van der Waals surface area contributed by atoms with Crippen molar-refractivity contribution in [2.24, 2.45) is 7.05 Å². The summed E-state index contributed by atoms with van der Waals surface area (Å²) >= 11 is 0. The number of nitrogens with one attached hydrogen (secondary N) is 2. The van der Waals surface area contributed by atoms with Crippen LogP contribution in [0.5, 0.6) is 5.75 Å². The second-order valence-electron chi connectivity index (χ2n) is 4.97. The largest absolute Gasteiger partial charge is 0.482 e. The van der Waals surface area contributed by atoms with Crippen molar-refractivity contribution >= 4 is 23.0 Å². The molecule has 4 N–H and O–H groups in total. The number of carbonyl (C=O) groups excluding carboxylic acids is 1. The summed E-state index contributed by atoms with van der Waals surface area (Å²) in [7, 11) is 1.89. The zero-order chi connectivity index (χ0) is 14.8. The maximum Gasteiger partial charge on any atom is 0.262 e. The van der Waals surface area contributed by atoms with Crippen molar-refractivity contribution in [2.45, 2.75) is 6.42 Å². The lowest BCUT2D eigenvalue weighted by molar-refractivity contribution is -0.118. The Hall–Kier alpha value is -2.70. The Morgan fingerprint density at radius 3 is 3.14 bits per heavy atom. The van der Waals surface area contributed by atoms with Crippen LogP contribution in [-0.4, -0.2) is 28.8 Å². The van der Waals surface area contributed by atoms with Crippen molar-refractivity contribution in [3.8, 4) is 5.75 Å². The van der Waals surface area contributed by atoms with Gasteiger partial charge in [0, 0.05) is 25.9 Å². The van der Waals surface area contributed by atoms with Crippen LogP contribution in [0.25, 0.3) is 0 Å². The Balaban J connectivity index is 1.67. The third kappa shape index (κ3) is 2.91. The number of carbonyl (C=O) groups is 1. The number of hydrogen-bond donors (Lipinski definition) is 3. The summed E-state index contributed by atoms with van der Waals surface area (Å²) < 4.78 is 7.09. The minimum atomic E-state index is -0.159. The smallest absolute Gasteiger partial charge is 0.262 e. The molecule has 0 bridgehead atoms. The number of ether oxygens (including phenoxy) is 1. The van der Waals surface area contributed by atoms with E-state index in [1.54, 1.807) is 16.8 Å². The van der Waals surface area contributed by atoms with Crippen molar-refractivity contribution in [3.05, 3.63) is 30.1 Å². The standard InChI is InChI=1S/C14H17N5O2/c1-19-7-9(6-17-19)2-3-16-11-5-12-13(4-10(11)15)21-8-14(20)18-12/h4-7,16H,2-3,8,15H2,1H3,(H,18,20). The lowest BCUT2D eigenvalue weighted by atomic mass is 10.2. The zero-order valence-corrected chi connectivity index (χ0v) is 11.7. The van der Waals surface area contributed by atoms with Gasteiger partial charge in [-0.25, -0.2) is 0 Å². The fraction of sp³-hybridized carbons (Fsp3) is 0.286. The van der Waals surface area contributed by atoms with E-state index in [0.29, 0.717) is 17.1 Å². The topological polar surface area (TPSA) is 94.2 Å². The molecule has 21 heavy (non-hydrogen) atoms. The fourth-order valence-corrected chi connectivity index (χ4v) is 2.24. The Labute approximate surface area is 122 Å². The maximum absolute atomic E-state index is 11.3. The fourth-order valence-electron chi connectivity index (χ4n) is 2.24. The van der Waals surface area contributed by atoms with Crippen molar-refractivity contribution in [1.29, 1.82) is 0 Å². The van der Waals surface area contributed by atoms with Gasteiger partial charge in [-0.1, -0.05) is 0 Å². The first-order valence-electron chi connectivity index (χ1n) is 6.69. The van der Waals surface area contributed by atoms with E-state index in [1.165, 1.54) is 0 Å². The van der Waals surface area contributed by atoms with E-state index in [0.717, 1.165) is 24.2 Å². The van der Waals surface area contributed by atoms with Crippen LogP contribution in [0.2, 0.25) is 0 Å². The number of benzene rings is 1. The van der Waals surface area contributed by atoms with Crippen LogP contribution in [0.15, 0.2) is 24.5 Å². The maximum atomic E-state index is 11.3. The summed E-state index contributed by atoms with van der Waals surface area (Å²) in [5.74, 6) is 0.443. The van der Waals surface area contributed by atoms with Gasteiger partial charge >= 0.3 is 0 Å². The van der Waals surface area contributed by atoms with Gasteiger partial charge in [0.1, 0.15) is 5.75 Å². The molecule has 7 heteroatoms. The van der Waals surface area contributed by atoms with Gasteiger partial charge in [-0.2, -0.15) is 5.10 Å². The summed E-state index contributed by atoms with van der Waals surface area (Å²) in [6.45, 7) is 0.754. The van der Waals surface area contributed by atoms with Crippen LogP contribution in [0.3, 0.4) is 0 Å². The highest BCUT2D eigenvalue weighted by atomic mass is 16.5. The monoisotopic (exact) mass is 287 g/mol. The molecule has 3 rings (SSSR count). The molecule has 1 amide bonds. The lowest BCUT2D eigenvalue weighted by Crippen LogP contribution is -2.25. The van der Waals surface area contributed by atoms with Crippen molar-refractivity contribution in [2.75, 3.05) is 29.5 Å². The van der Waals surface area contributed by atoms with Gasteiger partial charge in [-0.05, 0) is 18.1 Å². The quantitative estimate of drug-likeness (QED) is 0.729. The first-order chi connectivity index (χ1) is 10.1. The Morgan fingerprint density at radius 2 is 2.38 bits per heavy atom. The van der Waals surface area contributed by atoms with Crippen LogP contribution in [0, 0.1) is 0 Å². The summed E-state index contributed by atoms with van der Waals surface area (Å²) in [4.78, 5) is 11.3. The molecule has 0 unspecified atom stereocenters. The van der Waals surface area contributed by atoms with E-state index in [-0.39, 0.29) is 12.5 Å². The Bertz CT molecular complexity index is 680. The second-order valence-corrected chi connectivity index (χ2v) is 4.97. The summed E-state index contributed by atoms with van der Waals surface area (Å²) in [6, 6.07) is 3.52. The van der Waals surface area contributed by atoms with E-state index in [9.17, 15) is 4.79 Å². The minimum absolute atomic E-state index is 0.0280. The number of nitrogens with zero attached hydrogens (tertiary/aromatic N) is 2. The molecular weight excluding hydrogens is 270 g/mol. The molecule has 0 fully saturated rings. The number of fused-ring (bicyclic) bond motifs is 1. The number of amides is 1. The molecule has 0 atom stereocenters. The number of aryl methyl sites for hydroxylation is 1. The molecule has 0 spiro atoms. The molecule has 1 aliphatic rings. The highest BCUT2D eigenvalue weighted by Crippen LogP contribution is 2.35. The molecule has 1 aromatic heterocycles. The highest BCUT2D eigenvalue weighted by molar-refractivity contribution is 5.97. The van der Waals surface area contributed by atoms with Gasteiger partial charge in [0.05, 0.1) is 23.3 Å². The zero-order valence-electron chi connectivity index (χ0n) is 11.7. The van der Waals surface area contributed by atoms with Gasteiger partial charge in [0.25, 0.3) is 5.91 Å². The highest BCUT2D eigenvalue weighted by Gasteiger charge is 2.17. The third-order valence-corrected chi connectivity index (χ3v) is 3.27. The second kappa shape index (κ2) is 5.35. The van der Waals surface area contributed by atoms with Crippen LogP contribution >= 0.6 is 0 Å². The van der Waals surface area contributed by atoms with E-state index in [4.69, 9.17) is 10.5 Å². The predicted octanol–water partition coefficient (Wildman–Crippen LogP) is 0.988. The van der Waals surface area contributed by atoms with Gasteiger partial charge in [-0.15, -0.1) is 0 Å². The van der Waals surface area contributed by atoms with Crippen LogP contribution < -0.4 is 21.1 Å². The molecule has 110 valence electrons. The molecule has 0 radical (unpaired) electrons. The number of nitrogen functional groups attached to an aromatic ring is 1. The molecule has 1 aromatic carbocycles. The van der Waals surface area contributed by atoms with Gasteiger partial charge in [0.2, 0.25) is 0 Å². The Morgan fingerprint density at radius 1 is 1.52 bits per heavy atom. The van der Waals surface area contributed by atoms with Crippen molar-refractivity contribution in [1.82, 2.24) is 9.78 Å². The Kier molecular flexibility index (Phi) is 3.39. The van der Waals surface area contributed by atoms with Crippen LogP contribution in [-0.2, 0) is 18.3 Å². The summed E-state index contributed by atoms with van der Waals surface area (Å²) in [5, 5.41) is 10.2. The van der Waals surface area contributed by atoms with Gasteiger partial charge in [-0.3, -0.25) is 9.48 Å². The van der Waals surface area contributed by atoms with Crippen LogP contribution in [0.1, 0.15) is 5.56 Å². The predicted molar refractivity (Wildman–Crippen MR) is 80.4 cm³/mol. The third-order valence-electron chi connectivity index (χ3n) is 3.27. The van der Waals surface area contributed by atoms with E-state index < -0.39 is 0 Å². The number of nitrogens with two attached hydrogens (primary N) is 1. The van der Waals surface area contributed by atoms with E-state index in [2.05, 4.69) is 15.7 Å². The normalized spacial score (nSPS) is 13.3. The van der Waals surface area contributed by atoms with E-state index >= 15 is 0 Å². The van der Waals surface area contributed by atoms with E-state index in [1.807, 2.05) is 19.4 Å². The molecule has 1 aliphatic heterocycles. The van der Waals surface area contributed by atoms with Gasteiger partial charge < -0.3 is 21.1 Å². The molecule has 7 nitrogen and oxygen atoms in total. The average Bonchev–Trinajstić information content (AvgIpc) is 2.85. The molecule has 0 saturated carbocycles.